The van der Waals surface area contributed by atoms with Crippen molar-refractivity contribution in [2.45, 2.75) is 30.4 Å². The number of halogens is 1. The van der Waals surface area contributed by atoms with E-state index < -0.39 is 11.1 Å². The average molecular weight is 530 g/mol. The Labute approximate surface area is 223 Å². The predicted molar refractivity (Wildman–Crippen MR) is 149 cm³/mol. The molecule has 37 heavy (non-hydrogen) atoms. The van der Waals surface area contributed by atoms with E-state index >= 15 is 0 Å². The number of nitrogens with zero attached hydrogens (tertiary/aromatic N) is 1. The van der Waals surface area contributed by atoms with Gasteiger partial charge in [0.25, 0.3) is 5.91 Å². The summed E-state index contributed by atoms with van der Waals surface area (Å²) in [7, 11) is 0. The number of carbonyl (C=O) groups is 2. The predicted octanol–water partition coefficient (Wildman–Crippen LogP) is 7.50. The molecule has 186 valence electrons. The molecule has 0 aliphatic carbocycles. The molecule has 0 fully saturated rings. The Morgan fingerprint density at radius 1 is 1.05 bits per heavy atom. The highest BCUT2D eigenvalue weighted by atomic mass is 32.2. The number of amides is 2. The minimum Gasteiger partial charge on any atom is -0.322 e. The van der Waals surface area contributed by atoms with Gasteiger partial charge in [-0.1, -0.05) is 42.8 Å². The van der Waals surface area contributed by atoms with E-state index in [1.807, 2.05) is 49.6 Å². The molecule has 4 rings (SSSR count). The third-order valence-electron chi connectivity index (χ3n) is 5.64. The molecule has 0 aliphatic heterocycles. The molecule has 5 nitrogen and oxygen atoms in total. The van der Waals surface area contributed by atoms with Gasteiger partial charge in [-0.25, -0.2) is 4.39 Å². The first-order valence-corrected chi connectivity index (χ1v) is 13.4. The number of nitrogens with one attached hydrogen (secondary N) is 2. The van der Waals surface area contributed by atoms with Crippen LogP contribution in [0.4, 0.5) is 15.1 Å². The van der Waals surface area contributed by atoms with E-state index in [0.717, 1.165) is 21.6 Å². The zero-order valence-electron chi connectivity index (χ0n) is 20.2. The van der Waals surface area contributed by atoms with Crippen molar-refractivity contribution in [2.75, 3.05) is 10.6 Å². The summed E-state index contributed by atoms with van der Waals surface area (Å²) in [5, 5.41) is 17.6. The van der Waals surface area contributed by atoms with Crippen LogP contribution in [0.5, 0.6) is 0 Å². The number of carbonyl (C=O) groups excluding carboxylic acids is 2. The number of thioether (sulfide) groups is 1. The Morgan fingerprint density at radius 3 is 2.46 bits per heavy atom. The van der Waals surface area contributed by atoms with Gasteiger partial charge in [-0.15, -0.1) is 23.1 Å². The summed E-state index contributed by atoms with van der Waals surface area (Å²) in [6, 6.07) is 22.7. The first kappa shape index (κ1) is 26.1. The van der Waals surface area contributed by atoms with E-state index in [1.165, 1.54) is 47.4 Å². The first-order valence-electron chi connectivity index (χ1n) is 11.6. The van der Waals surface area contributed by atoms with Gasteiger partial charge in [0.05, 0.1) is 10.8 Å². The topological polar surface area (TPSA) is 82.0 Å². The molecule has 3 aromatic carbocycles. The molecule has 0 spiro atoms. The summed E-state index contributed by atoms with van der Waals surface area (Å²) < 4.78 is 13.1. The number of anilines is 2. The third kappa shape index (κ3) is 6.45. The second-order valence-electron chi connectivity index (χ2n) is 8.32. The second kappa shape index (κ2) is 11.9. The molecule has 0 aliphatic rings. The molecule has 2 amide bonds. The maximum atomic E-state index is 13.1. The zero-order valence-corrected chi connectivity index (χ0v) is 21.9. The molecular weight excluding hydrogens is 505 g/mol. The molecule has 1 aromatic heterocycles. The number of nitriles is 1. The highest BCUT2D eigenvalue weighted by Gasteiger charge is 2.22. The fourth-order valence-electron chi connectivity index (χ4n) is 3.64. The van der Waals surface area contributed by atoms with Gasteiger partial charge in [0.1, 0.15) is 16.9 Å². The van der Waals surface area contributed by atoms with Crippen LogP contribution in [0.1, 0.15) is 34.8 Å². The van der Waals surface area contributed by atoms with E-state index in [-0.39, 0.29) is 11.8 Å². The van der Waals surface area contributed by atoms with Crippen molar-refractivity contribution in [3.63, 3.8) is 0 Å². The van der Waals surface area contributed by atoms with Crippen molar-refractivity contribution < 1.29 is 14.0 Å². The summed E-state index contributed by atoms with van der Waals surface area (Å²) in [4.78, 5) is 26.4. The molecule has 4 aromatic rings. The molecule has 0 saturated carbocycles. The minimum atomic E-state index is -0.408. The van der Waals surface area contributed by atoms with E-state index in [0.29, 0.717) is 28.2 Å². The average Bonchev–Trinajstić information content (AvgIpc) is 3.30. The van der Waals surface area contributed by atoms with Crippen LogP contribution < -0.4 is 10.6 Å². The summed E-state index contributed by atoms with van der Waals surface area (Å²) in [6.45, 7) is 3.93. The standard InChI is InChI=1S/C29H24FN3O2S2/c1-3-26(28(35)33-29-24(16-31)25(17-36-29)19-9-7-18(2)8-10-19)37-23-6-4-5-22(15-23)32-27(34)20-11-13-21(30)14-12-20/h4-15,17,26H,3H2,1-2H3,(H,32,34)(H,33,35). The fraction of sp³-hybridized carbons (Fsp3) is 0.138. The number of hydrogen-bond donors (Lipinski definition) is 2. The monoisotopic (exact) mass is 529 g/mol. The van der Waals surface area contributed by atoms with Crippen LogP contribution in [0.3, 0.4) is 0 Å². The summed E-state index contributed by atoms with van der Waals surface area (Å²) >= 11 is 2.72. The normalized spacial score (nSPS) is 11.4. The van der Waals surface area contributed by atoms with Gasteiger partial charge in [-0.05, 0) is 61.4 Å². The smallest absolute Gasteiger partial charge is 0.255 e. The van der Waals surface area contributed by atoms with Gasteiger partial charge in [0, 0.05) is 27.1 Å². The second-order valence-corrected chi connectivity index (χ2v) is 10.5. The van der Waals surface area contributed by atoms with Gasteiger partial charge in [0.15, 0.2) is 0 Å². The quantitative estimate of drug-likeness (QED) is 0.232. The Kier molecular flexibility index (Phi) is 8.39. The lowest BCUT2D eigenvalue weighted by molar-refractivity contribution is -0.115. The van der Waals surface area contributed by atoms with E-state index in [9.17, 15) is 19.2 Å². The first-order chi connectivity index (χ1) is 17.9. The molecule has 0 radical (unpaired) electrons. The maximum absolute atomic E-state index is 13.1. The van der Waals surface area contributed by atoms with Crippen LogP contribution in [0.15, 0.2) is 83.1 Å². The van der Waals surface area contributed by atoms with Gasteiger partial charge in [-0.3, -0.25) is 9.59 Å². The van der Waals surface area contributed by atoms with Crippen LogP contribution in [0.25, 0.3) is 11.1 Å². The molecule has 1 unspecified atom stereocenters. The number of thiophene rings is 1. The summed E-state index contributed by atoms with van der Waals surface area (Å²) in [5.41, 5.74) is 4.23. The van der Waals surface area contributed by atoms with Crippen molar-refractivity contribution >= 4 is 45.6 Å². The fourth-order valence-corrected chi connectivity index (χ4v) is 5.57. The Balaban J connectivity index is 1.45. The van der Waals surface area contributed by atoms with E-state index in [2.05, 4.69) is 16.7 Å². The third-order valence-corrected chi connectivity index (χ3v) is 7.90. The lowest BCUT2D eigenvalue weighted by Gasteiger charge is -2.15. The Bertz CT molecular complexity index is 1460. The molecule has 1 atom stereocenters. The van der Waals surface area contributed by atoms with Gasteiger partial charge in [-0.2, -0.15) is 5.26 Å². The summed E-state index contributed by atoms with van der Waals surface area (Å²) in [6.07, 6.45) is 0.570. The minimum absolute atomic E-state index is 0.193. The molecule has 1 heterocycles. The van der Waals surface area contributed by atoms with Gasteiger partial charge < -0.3 is 10.6 Å². The summed E-state index contributed by atoms with van der Waals surface area (Å²) in [5.74, 6) is -0.949. The number of benzene rings is 3. The Morgan fingerprint density at radius 2 is 1.78 bits per heavy atom. The van der Waals surface area contributed by atoms with Crippen molar-refractivity contribution in [3.8, 4) is 17.2 Å². The number of rotatable bonds is 8. The molecule has 8 heteroatoms. The van der Waals surface area contributed by atoms with Crippen LogP contribution in [0, 0.1) is 24.1 Å². The maximum Gasteiger partial charge on any atom is 0.255 e. The largest absolute Gasteiger partial charge is 0.322 e. The van der Waals surface area contributed by atoms with Crippen molar-refractivity contribution in [3.05, 3.63) is 101 Å². The lowest BCUT2D eigenvalue weighted by Crippen LogP contribution is -2.24. The van der Waals surface area contributed by atoms with Crippen molar-refractivity contribution in [1.82, 2.24) is 0 Å². The van der Waals surface area contributed by atoms with Crippen molar-refractivity contribution in [2.24, 2.45) is 0 Å². The SMILES string of the molecule is CCC(Sc1cccc(NC(=O)c2ccc(F)cc2)c1)C(=O)Nc1scc(-c2ccc(C)cc2)c1C#N. The molecular formula is C29H24FN3O2S2. The number of aryl methyl sites for hydroxylation is 1. The Hall–Kier alpha value is -3.93. The van der Waals surface area contributed by atoms with Gasteiger partial charge in [0.2, 0.25) is 5.91 Å². The highest BCUT2D eigenvalue weighted by molar-refractivity contribution is 8.00. The molecule has 2 N–H and O–H groups in total. The van der Waals surface area contributed by atoms with Crippen LogP contribution >= 0.6 is 23.1 Å². The lowest BCUT2D eigenvalue weighted by atomic mass is 10.0. The highest BCUT2D eigenvalue weighted by Crippen LogP contribution is 2.36. The molecule has 0 bridgehead atoms. The van der Waals surface area contributed by atoms with Crippen molar-refractivity contribution in [1.29, 1.82) is 5.26 Å². The van der Waals surface area contributed by atoms with Crippen LogP contribution in [-0.2, 0) is 4.79 Å². The number of hydrogen-bond acceptors (Lipinski definition) is 5. The molecule has 0 saturated heterocycles. The van der Waals surface area contributed by atoms with E-state index in [1.54, 1.807) is 18.2 Å². The zero-order chi connectivity index (χ0) is 26.4. The van der Waals surface area contributed by atoms with Gasteiger partial charge >= 0.3 is 0 Å². The van der Waals surface area contributed by atoms with Crippen LogP contribution in [-0.4, -0.2) is 17.1 Å². The van der Waals surface area contributed by atoms with E-state index in [4.69, 9.17) is 0 Å². The van der Waals surface area contributed by atoms with Crippen LogP contribution in [0.2, 0.25) is 0 Å².